The minimum atomic E-state index is 0.285. The van der Waals surface area contributed by atoms with Gasteiger partial charge in [-0.1, -0.05) is 26.0 Å². The maximum atomic E-state index is 5.69. The Labute approximate surface area is 113 Å². The lowest BCUT2D eigenvalue weighted by Gasteiger charge is -2.08. The summed E-state index contributed by atoms with van der Waals surface area (Å²) in [7, 11) is 0. The fraction of sp³-hybridized carbons (Fsp3) is 0.438. The van der Waals surface area contributed by atoms with Gasteiger partial charge in [-0.3, -0.25) is 0 Å². The number of aromatic nitrogens is 2. The number of H-pyrrole nitrogens is 1. The summed E-state index contributed by atoms with van der Waals surface area (Å²) in [4.78, 5) is 7.53. The van der Waals surface area contributed by atoms with Crippen LogP contribution < -0.4 is 4.74 Å². The van der Waals surface area contributed by atoms with Crippen molar-refractivity contribution in [3.8, 4) is 5.75 Å². The van der Waals surface area contributed by atoms with Gasteiger partial charge in [0.1, 0.15) is 5.75 Å². The molecule has 4 rings (SSSR count). The highest BCUT2D eigenvalue weighted by Gasteiger charge is 2.60. The van der Waals surface area contributed by atoms with Crippen LogP contribution in [0.2, 0.25) is 0 Å². The van der Waals surface area contributed by atoms with Gasteiger partial charge in [0.25, 0.3) is 0 Å². The summed E-state index contributed by atoms with van der Waals surface area (Å²) in [5, 5.41) is 0. The molecule has 0 bridgehead atoms. The lowest BCUT2D eigenvalue weighted by atomic mass is 9.96. The zero-order valence-electron chi connectivity index (χ0n) is 11.3. The van der Waals surface area contributed by atoms with Gasteiger partial charge in [-0.2, -0.15) is 0 Å². The molecule has 3 nitrogen and oxygen atoms in total. The molecule has 1 aromatic carbocycles. The van der Waals surface area contributed by atoms with Gasteiger partial charge < -0.3 is 9.72 Å². The van der Waals surface area contributed by atoms with Crippen molar-refractivity contribution in [2.45, 2.75) is 32.1 Å². The summed E-state index contributed by atoms with van der Waals surface area (Å²) >= 11 is 0. The van der Waals surface area contributed by atoms with E-state index < -0.39 is 0 Å². The van der Waals surface area contributed by atoms with Crippen LogP contribution in [0.3, 0.4) is 0 Å². The van der Waals surface area contributed by atoms with Gasteiger partial charge in [0, 0.05) is 24.1 Å². The van der Waals surface area contributed by atoms with Gasteiger partial charge >= 0.3 is 0 Å². The van der Waals surface area contributed by atoms with Crippen LogP contribution in [0.1, 0.15) is 42.5 Å². The first-order chi connectivity index (χ1) is 9.19. The van der Waals surface area contributed by atoms with Crippen LogP contribution in [0.5, 0.6) is 5.75 Å². The van der Waals surface area contributed by atoms with Crippen LogP contribution in [-0.2, 0) is 6.42 Å². The first-order valence-electron chi connectivity index (χ1n) is 6.93. The number of fused-ring (bicyclic) bond motifs is 1. The third-order valence-corrected chi connectivity index (χ3v) is 4.78. The van der Waals surface area contributed by atoms with Gasteiger partial charge in [0.05, 0.1) is 18.6 Å². The molecule has 1 fully saturated rings. The van der Waals surface area contributed by atoms with E-state index in [1.807, 2.05) is 6.20 Å². The second-order valence-electron chi connectivity index (χ2n) is 6.19. The van der Waals surface area contributed by atoms with E-state index in [-0.39, 0.29) is 5.41 Å². The Hall–Kier alpha value is -1.77. The molecule has 0 amide bonds. The van der Waals surface area contributed by atoms with Crippen LogP contribution in [0.4, 0.5) is 0 Å². The van der Waals surface area contributed by atoms with Crippen LogP contribution in [0.25, 0.3) is 0 Å². The van der Waals surface area contributed by atoms with Gasteiger partial charge in [-0.15, -0.1) is 0 Å². The van der Waals surface area contributed by atoms with E-state index in [4.69, 9.17) is 4.74 Å². The number of aromatic amines is 1. The van der Waals surface area contributed by atoms with Gasteiger partial charge in [0.15, 0.2) is 0 Å². The van der Waals surface area contributed by atoms with E-state index in [0.717, 1.165) is 18.8 Å². The summed E-state index contributed by atoms with van der Waals surface area (Å²) in [6.45, 7) is 5.50. The number of ether oxygens (including phenoxy) is 1. The zero-order chi connectivity index (χ0) is 13.0. The summed E-state index contributed by atoms with van der Waals surface area (Å²) in [5.41, 5.74) is 4.35. The second-order valence-corrected chi connectivity index (χ2v) is 6.19. The average molecular weight is 254 g/mol. The molecule has 2 heterocycles. The molecule has 0 spiro atoms. The monoisotopic (exact) mass is 254 g/mol. The Morgan fingerprint density at radius 1 is 1.32 bits per heavy atom. The summed E-state index contributed by atoms with van der Waals surface area (Å²) < 4.78 is 5.69. The normalized spacial score (nSPS) is 26.8. The summed E-state index contributed by atoms with van der Waals surface area (Å²) in [5.74, 6) is 2.17. The molecule has 1 N–H and O–H groups in total. The lowest BCUT2D eigenvalue weighted by molar-refractivity contribution is 0.357. The Morgan fingerprint density at radius 3 is 3.00 bits per heavy atom. The number of hydrogen-bond donors (Lipinski definition) is 1. The van der Waals surface area contributed by atoms with Crippen LogP contribution in [0, 0.1) is 5.41 Å². The Balaban J connectivity index is 1.77. The molecule has 1 aromatic heterocycles. The number of nitrogens with zero attached hydrogens (tertiary/aromatic N) is 1. The van der Waals surface area contributed by atoms with Gasteiger partial charge in [0.2, 0.25) is 0 Å². The van der Waals surface area contributed by atoms with Gasteiger partial charge in [-0.05, 0) is 23.0 Å². The molecular formula is C16H18N2O. The van der Waals surface area contributed by atoms with Crippen LogP contribution >= 0.6 is 0 Å². The van der Waals surface area contributed by atoms with Crippen molar-refractivity contribution in [3.05, 3.63) is 47.5 Å². The van der Waals surface area contributed by atoms with E-state index in [9.17, 15) is 0 Å². The number of rotatable bonds is 2. The largest absolute Gasteiger partial charge is 0.493 e. The third kappa shape index (κ3) is 1.47. The van der Waals surface area contributed by atoms with Crippen molar-refractivity contribution >= 4 is 0 Å². The topological polar surface area (TPSA) is 37.9 Å². The van der Waals surface area contributed by atoms with E-state index in [2.05, 4.69) is 42.0 Å². The SMILES string of the molecule is CC1(C)[C@H](c2c[nH]cn2)[C@H]1c1cccc2c1CCO2. The van der Waals surface area contributed by atoms with Crippen molar-refractivity contribution in [2.75, 3.05) is 6.61 Å². The standard InChI is InChI=1S/C16H18N2O/c1-16(2)14(15(16)12-8-17-9-18-12)11-4-3-5-13-10(11)6-7-19-13/h3-5,8-9,14-15H,6-7H2,1-2H3,(H,17,18)/t14-,15-/m1/s1. The quantitative estimate of drug-likeness (QED) is 0.893. The fourth-order valence-electron chi connectivity index (χ4n) is 3.75. The van der Waals surface area contributed by atoms with Crippen molar-refractivity contribution in [3.63, 3.8) is 0 Å². The van der Waals surface area contributed by atoms with Crippen molar-refractivity contribution in [1.29, 1.82) is 0 Å². The highest BCUT2D eigenvalue weighted by Crippen LogP contribution is 2.70. The Kier molecular flexibility index (Phi) is 2.12. The number of nitrogens with one attached hydrogen (secondary N) is 1. The second kappa shape index (κ2) is 3.62. The van der Waals surface area contributed by atoms with Crippen LogP contribution in [-0.4, -0.2) is 16.6 Å². The highest BCUT2D eigenvalue weighted by atomic mass is 16.5. The Bertz CT molecular complexity index is 616. The smallest absolute Gasteiger partial charge is 0.122 e. The number of hydrogen-bond acceptors (Lipinski definition) is 2. The maximum absolute atomic E-state index is 5.69. The molecule has 98 valence electrons. The first kappa shape index (κ1) is 11.1. The molecule has 1 aliphatic heterocycles. The van der Waals surface area contributed by atoms with Crippen molar-refractivity contribution < 1.29 is 4.74 Å². The predicted octanol–water partition coefficient (Wildman–Crippen LogP) is 3.25. The average Bonchev–Trinajstić information content (AvgIpc) is 2.91. The van der Waals surface area contributed by atoms with E-state index in [0.29, 0.717) is 11.8 Å². The van der Waals surface area contributed by atoms with E-state index >= 15 is 0 Å². The molecule has 3 heteroatoms. The van der Waals surface area contributed by atoms with Crippen molar-refractivity contribution in [2.24, 2.45) is 5.41 Å². The molecular weight excluding hydrogens is 236 g/mol. The third-order valence-electron chi connectivity index (χ3n) is 4.78. The molecule has 1 aliphatic carbocycles. The highest BCUT2D eigenvalue weighted by molar-refractivity contribution is 5.50. The number of imidazole rings is 1. The van der Waals surface area contributed by atoms with Gasteiger partial charge in [-0.25, -0.2) is 4.98 Å². The predicted molar refractivity (Wildman–Crippen MR) is 73.5 cm³/mol. The van der Waals surface area contributed by atoms with Crippen molar-refractivity contribution in [1.82, 2.24) is 9.97 Å². The fourth-order valence-corrected chi connectivity index (χ4v) is 3.75. The Morgan fingerprint density at radius 2 is 2.21 bits per heavy atom. The lowest BCUT2D eigenvalue weighted by Crippen LogP contribution is -1.94. The minimum absolute atomic E-state index is 0.285. The van der Waals surface area contributed by atoms with E-state index in [1.165, 1.54) is 16.8 Å². The molecule has 2 aliphatic rings. The molecule has 2 atom stereocenters. The summed E-state index contributed by atoms with van der Waals surface area (Å²) in [6, 6.07) is 6.48. The molecule has 2 aromatic rings. The molecule has 0 radical (unpaired) electrons. The summed E-state index contributed by atoms with van der Waals surface area (Å²) in [6.07, 6.45) is 4.86. The number of benzene rings is 1. The van der Waals surface area contributed by atoms with Crippen LogP contribution in [0.15, 0.2) is 30.7 Å². The maximum Gasteiger partial charge on any atom is 0.122 e. The molecule has 0 unspecified atom stereocenters. The molecule has 0 saturated heterocycles. The molecule has 1 saturated carbocycles. The minimum Gasteiger partial charge on any atom is -0.493 e. The van der Waals surface area contributed by atoms with E-state index in [1.54, 1.807) is 6.33 Å². The first-order valence-corrected chi connectivity index (χ1v) is 6.93. The zero-order valence-corrected chi connectivity index (χ0v) is 11.3. The molecule has 19 heavy (non-hydrogen) atoms.